The lowest BCUT2D eigenvalue weighted by Gasteiger charge is -2.43. The summed E-state index contributed by atoms with van der Waals surface area (Å²) in [4.78, 5) is 0.241. The molecule has 2 aliphatic rings. The molecule has 1 atom stereocenters. The van der Waals surface area contributed by atoms with Crippen molar-refractivity contribution in [2.75, 3.05) is 40.0 Å². The van der Waals surface area contributed by atoms with Gasteiger partial charge in [0.25, 0.3) is 0 Å². The Kier molecular flexibility index (Phi) is 6.52. The highest BCUT2D eigenvalue weighted by Gasteiger charge is 2.38. The van der Waals surface area contributed by atoms with Crippen molar-refractivity contribution in [2.45, 2.75) is 42.2 Å². The first-order valence-corrected chi connectivity index (χ1v) is 10.6. The molecule has 26 heavy (non-hydrogen) atoms. The molecule has 2 aliphatic heterocycles. The van der Waals surface area contributed by atoms with E-state index in [-0.39, 0.29) is 10.5 Å². The number of rotatable bonds is 7. The number of nitrogens with one attached hydrogen (secondary N) is 2. The summed E-state index contributed by atoms with van der Waals surface area (Å²) in [5.74, 6) is 0.632. The fraction of sp³-hybridized carbons (Fsp3) is 0.667. The zero-order chi connectivity index (χ0) is 18.5. The third kappa shape index (κ3) is 4.95. The number of benzene rings is 1. The van der Waals surface area contributed by atoms with Crippen molar-refractivity contribution in [2.24, 2.45) is 0 Å². The van der Waals surface area contributed by atoms with Gasteiger partial charge in [-0.1, -0.05) is 0 Å². The lowest BCUT2D eigenvalue weighted by molar-refractivity contribution is -0.140. The molecule has 0 amide bonds. The smallest absolute Gasteiger partial charge is 0.240 e. The SMILES string of the molecule is COc1ccc(S(=O)(=O)NCCN[C@H]2CCOC3(CCOCC3)C2)cc1. The van der Waals surface area contributed by atoms with Crippen LogP contribution >= 0.6 is 0 Å². The zero-order valence-electron chi connectivity index (χ0n) is 15.2. The van der Waals surface area contributed by atoms with Crippen LogP contribution < -0.4 is 14.8 Å². The van der Waals surface area contributed by atoms with Crippen molar-refractivity contribution >= 4 is 10.0 Å². The van der Waals surface area contributed by atoms with Gasteiger partial charge in [-0.2, -0.15) is 0 Å². The van der Waals surface area contributed by atoms with Gasteiger partial charge in [0.15, 0.2) is 0 Å². The van der Waals surface area contributed by atoms with Gasteiger partial charge in [0.05, 0.1) is 17.6 Å². The van der Waals surface area contributed by atoms with Crippen LogP contribution in [0.2, 0.25) is 0 Å². The molecule has 1 aromatic carbocycles. The first-order valence-electron chi connectivity index (χ1n) is 9.12. The van der Waals surface area contributed by atoms with Crippen LogP contribution in [0.15, 0.2) is 29.2 Å². The lowest BCUT2D eigenvalue weighted by atomic mass is 9.84. The molecule has 8 heteroatoms. The fourth-order valence-electron chi connectivity index (χ4n) is 3.59. The van der Waals surface area contributed by atoms with E-state index in [2.05, 4.69) is 10.0 Å². The first-order chi connectivity index (χ1) is 12.5. The minimum absolute atomic E-state index is 0.0588. The third-order valence-electron chi connectivity index (χ3n) is 5.12. The van der Waals surface area contributed by atoms with E-state index in [4.69, 9.17) is 14.2 Å². The molecule has 1 spiro atoms. The van der Waals surface area contributed by atoms with Gasteiger partial charge >= 0.3 is 0 Å². The Morgan fingerprint density at radius 2 is 1.88 bits per heavy atom. The molecule has 0 unspecified atom stereocenters. The van der Waals surface area contributed by atoms with E-state index in [9.17, 15) is 8.42 Å². The van der Waals surface area contributed by atoms with Crippen molar-refractivity contribution in [3.8, 4) is 5.75 Å². The van der Waals surface area contributed by atoms with Gasteiger partial charge in [-0.3, -0.25) is 0 Å². The Bertz CT molecular complexity index is 666. The van der Waals surface area contributed by atoms with E-state index < -0.39 is 10.0 Å². The Balaban J connectivity index is 1.44. The summed E-state index contributed by atoms with van der Waals surface area (Å²) >= 11 is 0. The lowest BCUT2D eigenvalue weighted by Crippen LogP contribution is -2.50. The molecule has 0 saturated carbocycles. The predicted molar refractivity (Wildman–Crippen MR) is 97.9 cm³/mol. The topological polar surface area (TPSA) is 85.9 Å². The van der Waals surface area contributed by atoms with Crippen molar-refractivity contribution in [3.05, 3.63) is 24.3 Å². The molecule has 2 fully saturated rings. The van der Waals surface area contributed by atoms with Crippen LogP contribution in [0.5, 0.6) is 5.75 Å². The van der Waals surface area contributed by atoms with Crippen LogP contribution in [0.25, 0.3) is 0 Å². The maximum absolute atomic E-state index is 12.3. The number of hydrogen-bond acceptors (Lipinski definition) is 6. The molecule has 2 heterocycles. The molecule has 0 bridgehead atoms. The van der Waals surface area contributed by atoms with Gasteiger partial charge in [0.2, 0.25) is 10.0 Å². The van der Waals surface area contributed by atoms with E-state index in [0.717, 1.165) is 45.5 Å². The minimum Gasteiger partial charge on any atom is -0.497 e. The molecule has 1 aromatic rings. The van der Waals surface area contributed by atoms with Crippen LogP contribution in [0.3, 0.4) is 0 Å². The molecule has 2 N–H and O–H groups in total. The number of ether oxygens (including phenoxy) is 3. The van der Waals surface area contributed by atoms with Crippen molar-refractivity contribution < 1.29 is 22.6 Å². The van der Waals surface area contributed by atoms with E-state index in [0.29, 0.717) is 24.9 Å². The van der Waals surface area contributed by atoms with E-state index in [1.54, 1.807) is 31.4 Å². The van der Waals surface area contributed by atoms with Gasteiger partial charge in [-0.15, -0.1) is 0 Å². The van der Waals surface area contributed by atoms with Gasteiger partial charge in [0.1, 0.15) is 5.75 Å². The highest BCUT2D eigenvalue weighted by Crippen LogP contribution is 2.34. The number of hydrogen-bond donors (Lipinski definition) is 2. The van der Waals surface area contributed by atoms with Gasteiger partial charge in [0, 0.05) is 39.0 Å². The van der Waals surface area contributed by atoms with Crippen LogP contribution in [-0.2, 0) is 19.5 Å². The average molecular weight is 384 g/mol. The second-order valence-corrected chi connectivity index (χ2v) is 8.63. The highest BCUT2D eigenvalue weighted by atomic mass is 32.2. The molecule has 0 aliphatic carbocycles. The van der Waals surface area contributed by atoms with Crippen LogP contribution in [0, 0.1) is 0 Å². The average Bonchev–Trinajstić information content (AvgIpc) is 2.66. The second kappa shape index (κ2) is 8.67. The monoisotopic (exact) mass is 384 g/mol. The van der Waals surface area contributed by atoms with E-state index in [1.165, 1.54) is 0 Å². The molecule has 146 valence electrons. The predicted octanol–water partition coefficient (Wildman–Crippen LogP) is 1.29. The molecule has 0 radical (unpaired) electrons. The van der Waals surface area contributed by atoms with Crippen LogP contribution in [-0.4, -0.2) is 60.1 Å². The van der Waals surface area contributed by atoms with Gasteiger partial charge in [-0.25, -0.2) is 13.1 Å². The highest BCUT2D eigenvalue weighted by molar-refractivity contribution is 7.89. The standard InChI is InChI=1S/C18H28N2O5S/c1-23-16-2-4-17(5-3-16)26(21,22)20-10-9-19-15-6-11-25-18(14-15)7-12-24-13-8-18/h2-5,15,19-20H,6-14H2,1H3/t15-/m0/s1. The largest absolute Gasteiger partial charge is 0.497 e. The summed E-state index contributed by atoms with van der Waals surface area (Å²) in [5, 5.41) is 3.47. The minimum atomic E-state index is -3.50. The summed E-state index contributed by atoms with van der Waals surface area (Å²) in [6, 6.07) is 6.72. The maximum Gasteiger partial charge on any atom is 0.240 e. The van der Waals surface area contributed by atoms with Crippen LogP contribution in [0.1, 0.15) is 25.7 Å². The Hall–Kier alpha value is -1.19. The summed E-state index contributed by atoms with van der Waals surface area (Å²) in [6.45, 7) is 3.20. The molecular weight excluding hydrogens is 356 g/mol. The second-order valence-electron chi connectivity index (χ2n) is 6.86. The molecule has 7 nitrogen and oxygen atoms in total. The first kappa shape index (κ1) is 19.6. The molecule has 3 rings (SSSR count). The van der Waals surface area contributed by atoms with E-state index >= 15 is 0 Å². The molecule has 0 aromatic heterocycles. The third-order valence-corrected chi connectivity index (χ3v) is 6.59. The van der Waals surface area contributed by atoms with E-state index in [1.807, 2.05) is 0 Å². The molecular formula is C18H28N2O5S. The van der Waals surface area contributed by atoms with Crippen molar-refractivity contribution in [1.29, 1.82) is 0 Å². The van der Waals surface area contributed by atoms with Crippen LogP contribution in [0.4, 0.5) is 0 Å². The summed E-state index contributed by atoms with van der Waals surface area (Å²) in [6.07, 6.45) is 3.79. The fourth-order valence-corrected chi connectivity index (χ4v) is 4.63. The normalized spacial score (nSPS) is 23.0. The Morgan fingerprint density at radius 3 is 2.58 bits per heavy atom. The Labute approximate surface area is 155 Å². The van der Waals surface area contributed by atoms with Crippen molar-refractivity contribution in [3.63, 3.8) is 0 Å². The Morgan fingerprint density at radius 1 is 1.15 bits per heavy atom. The summed E-state index contributed by atoms with van der Waals surface area (Å²) in [7, 11) is -1.95. The summed E-state index contributed by atoms with van der Waals surface area (Å²) in [5.41, 5.74) is -0.0588. The number of methoxy groups -OCH3 is 1. The van der Waals surface area contributed by atoms with Gasteiger partial charge in [-0.05, 0) is 49.9 Å². The van der Waals surface area contributed by atoms with Crippen molar-refractivity contribution in [1.82, 2.24) is 10.0 Å². The summed E-state index contributed by atoms with van der Waals surface area (Å²) < 4.78 is 43.8. The maximum atomic E-state index is 12.3. The molecule has 2 saturated heterocycles. The number of sulfonamides is 1. The zero-order valence-corrected chi connectivity index (χ0v) is 16.0. The quantitative estimate of drug-likeness (QED) is 0.689. The van der Waals surface area contributed by atoms with Gasteiger partial charge < -0.3 is 19.5 Å².